The van der Waals surface area contributed by atoms with Crippen molar-refractivity contribution in [3.63, 3.8) is 0 Å². The van der Waals surface area contributed by atoms with Gasteiger partial charge in [0.15, 0.2) is 0 Å². The molecule has 1 aromatic carbocycles. The quantitative estimate of drug-likeness (QED) is 0.731. The first kappa shape index (κ1) is 15.0. The summed E-state index contributed by atoms with van der Waals surface area (Å²) in [5.41, 5.74) is 0.226. The molecule has 0 aliphatic heterocycles. The highest BCUT2D eigenvalue weighted by molar-refractivity contribution is 6.29. The van der Waals surface area contributed by atoms with Gasteiger partial charge in [-0.1, -0.05) is 35.9 Å². The molecule has 1 N–H and O–H groups in total. The van der Waals surface area contributed by atoms with Crippen LogP contribution in [-0.4, -0.2) is 15.9 Å². The van der Waals surface area contributed by atoms with Gasteiger partial charge in [0.1, 0.15) is 28.2 Å². The topological polar surface area (TPSA) is 64.1 Å². The van der Waals surface area contributed by atoms with Crippen LogP contribution in [0.1, 0.15) is 10.5 Å². The zero-order chi connectivity index (χ0) is 16.1. The molecule has 2 aromatic heterocycles. The molecule has 0 radical (unpaired) electrons. The second-order valence-corrected chi connectivity index (χ2v) is 4.98. The van der Waals surface area contributed by atoms with E-state index in [1.54, 1.807) is 30.3 Å². The number of hydrogen-bond acceptors (Lipinski definition) is 4. The first-order chi connectivity index (χ1) is 11.2. The van der Waals surface area contributed by atoms with Crippen molar-refractivity contribution in [1.29, 1.82) is 0 Å². The van der Waals surface area contributed by atoms with Crippen molar-refractivity contribution in [3.8, 4) is 11.5 Å². The van der Waals surface area contributed by atoms with Gasteiger partial charge < -0.3 is 10.1 Å². The van der Waals surface area contributed by atoms with Crippen molar-refractivity contribution in [3.05, 3.63) is 77.7 Å². The van der Waals surface area contributed by atoms with Gasteiger partial charge in [-0.25, -0.2) is 9.97 Å². The third-order valence-electron chi connectivity index (χ3n) is 2.90. The Morgan fingerprint density at radius 3 is 2.48 bits per heavy atom. The molecule has 6 heteroatoms. The molecule has 1 amide bonds. The van der Waals surface area contributed by atoms with E-state index in [0.717, 1.165) is 0 Å². The lowest BCUT2D eigenvalue weighted by Crippen LogP contribution is -2.14. The summed E-state index contributed by atoms with van der Waals surface area (Å²) >= 11 is 5.77. The summed E-state index contributed by atoms with van der Waals surface area (Å²) in [4.78, 5) is 20.1. The van der Waals surface area contributed by atoms with Crippen LogP contribution >= 0.6 is 11.6 Å². The van der Waals surface area contributed by atoms with Crippen LogP contribution in [0.15, 0.2) is 66.9 Å². The third kappa shape index (κ3) is 4.05. The third-order valence-corrected chi connectivity index (χ3v) is 3.12. The van der Waals surface area contributed by atoms with Crippen molar-refractivity contribution in [2.75, 3.05) is 5.32 Å². The Kier molecular flexibility index (Phi) is 4.49. The molecular weight excluding hydrogens is 314 g/mol. The summed E-state index contributed by atoms with van der Waals surface area (Å²) in [6, 6.07) is 17.6. The number of pyridine rings is 2. The highest BCUT2D eigenvalue weighted by Gasteiger charge is 2.09. The lowest BCUT2D eigenvalue weighted by molar-refractivity contribution is 0.102. The zero-order valence-corrected chi connectivity index (χ0v) is 12.7. The Bertz CT molecular complexity index is 808. The maximum atomic E-state index is 12.0. The van der Waals surface area contributed by atoms with Crippen molar-refractivity contribution < 1.29 is 9.53 Å². The number of rotatable bonds is 4. The van der Waals surface area contributed by atoms with Crippen LogP contribution in [0.4, 0.5) is 5.82 Å². The van der Waals surface area contributed by atoms with Crippen LogP contribution in [0.25, 0.3) is 0 Å². The standard InChI is InChI=1S/C17H12ClN3O2/c18-15-8-4-7-14(20-15)17(22)21-16-10-9-13(11-19-16)23-12-5-2-1-3-6-12/h1-11H,(H,19,21,22). The van der Waals surface area contributed by atoms with E-state index in [0.29, 0.717) is 17.3 Å². The second kappa shape index (κ2) is 6.89. The second-order valence-electron chi connectivity index (χ2n) is 4.59. The van der Waals surface area contributed by atoms with E-state index in [9.17, 15) is 4.79 Å². The summed E-state index contributed by atoms with van der Waals surface area (Å²) in [7, 11) is 0. The summed E-state index contributed by atoms with van der Waals surface area (Å²) < 4.78 is 5.63. The Morgan fingerprint density at radius 1 is 0.957 bits per heavy atom. The van der Waals surface area contributed by atoms with E-state index in [4.69, 9.17) is 16.3 Å². The maximum absolute atomic E-state index is 12.0. The summed E-state index contributed by atoms with van der Waals surface area (Å²) in [5, 5.41) is 2.91. The Morgan fingerprint density at radius 2 is 1.78 bits per heavy atom. The van der Waals surface area contributed by atoms with Gasteiger partial charge in [0, 0.05) is 0 Å². The number of benzene rings is 1. The van der Waals surface area contributed by atoms with Gasteiger partial charge in [-0.2, -0.15) is 0 Å². The molecular formula is C17H12ClN3O2. The first-order valence-electron chi connectivity index (χ1n) is 6.83. The number of anilines is 1. The molecule has 0 fully saturated rings. The molecule has 0 aliphatic rings. The van der Waals surface area contributed by atoms with Crippen LogP contribution in [0.3, 0.4) is 0 Å². The van der Waals surface area contributed by atoms with Gasteiger partial charge in [-0.15, -0.1) is 0 Å². The normalized spacial score (nSPS) is 10.1. The average molecular weight is 326 g/mol. The molecule has 0 saturated heterocycles. The molecule has 0 atom stereocenters. The Hall–Kier alpha value is -2.92. The number of nitrogens with zero attached hydrogens (tertiary/aromatic N) is 2. The van der Waals surface area contributed by atoms with Gasteiger partial charge in [-0.3, -0.25) is 4.79 Å². The predicted octanol–water partition coefficient (Wildman–Crippen LogP) is 4.17. The fourth-order valence-electron chi connectivity index (χ4n) is 1.85. The van der Waals surface area contributed by atoms with Crippen molar-refractivity contribution >= 4 is 23.3 Å². The molecule has 2 heterocycles. The van der Waals surface area contributed by atoms with Crippen molar-refractivity contribution in [2.24, 2.45) is 0 Å². The van der Waals surface area contributed by atoms with E-state index >= 15 is 0 Å². The summed E-state index contributed by atoms with van der Waals surface area (Å²) in [6.07, 6.45) is 1.54. The molecule has 3 rings (SSSR count). The molecule has 3 aromatic rings. The largest absolute Gasteiger partial charge is 0.456 e. The molecule has 0 saturated carbocycles. The minimum absolute atomic E-state index is 0.226. The number of carbonyl (C=O) groups excluding carboxylic acids is 1. The van der Waals surface area contributed by atoms with Crippen molar-refractivity contribution in [1.82, 2.24) is 9.97 Å². The Balaban J connectivity index is 1.67. The van der Waals surface area contributed by atoms with Crippen molar-refractivity contribution in [2.45, 2.75) is 0 Å². The van der Waals surface area contributed by atoms with Crippen LogP contribution < -0.4 is 10.1 Å². The number of nitrogens with one attached hydrogen (secondary N) is 1. The van der Waals surface area contributed by atoms with E-state index in [1.807, 2.05) is 30.3 Å². The minimum atomic E-state index is -0.378. The number of ether oxygens (including phenoxy) is 1. The average Bonchev–Trinajstić information content (AvgIpc) is 2.57. The van der Waals surface area contributed by atoms with Crippen LogP contribution in [0, 0.1) is 0 Å². The number of carbonyl (C=O) groups is 1. The fourth-order valence-corrected chi connectivity index (χ4v) is 2.02. The predicted molar refractivity (Wildman–Crippen MR) is 88.0 cm³/mol. The van der Waals surface area contributed by atoms with Gasteiger partial charge in [0.2, 0.25) is 0 Å². The number of hydrogen-bond donors (Lipinski definition) is 1. The number of aromatic nitrogens is 2. The van der Waals surface area contributed by atoms with Gasteiger partial charge >= 0.3 is 0 Å². The molecule has 23 heavy (non-hydrogen) atoms. The number of amides is 1. The van der Waals surface area contributed by atoms with Gasteiger partial charge in [-0.05, 0) is 36.4 Å². The smallest absolute Gasteiger partial charge is 0.275 e. The van der Waals surface area contributed by atoms with E-state index < -0.39 is 0 Å². The maximum Gasteiger partial charge on any atom is 0.275 e. The fraction of sp³-hybridized carbons (Fsp3) is 0. The van der Waals surface area contributed by atoms with Crippen LogP contribution in [0.2, 0.25) is 5.15 Å². The lowest BCUT2D eigenvalue weighted by atomic mass is 10.3. The van der Waals surface area contributed by atoms with Gasteiger partial charge in [0.05, 0.1) is 6.20 Å². The van der Waals surface area contributed by atoms with E-state index in [-0.39, 0.29) is 16.8 Å². The van der Waals surface area contributed by atoms with E-state index in [1.165, 1.54) is 6.20 Å². The molecule has 0 unspecified atom stereocenters. The SMILES string of the molecule is O=C(Nc1ccc(Oc2ccccc2)cn1)c1cccc(Cl)n1. The molecule has 0 spiro atoms. The van der Waals surface area contributed by atoms with Gasteiger partial charge in [0.25, 0.3) is 5.91 Å². The first-order valence-corrected chi connectivity index (χ1v) is 7.21. The minimum Gasteiger partial charge on any atom is -0.456 e. The Labute approximate surface area is 137 Å². The van der Waals surface area contributed by atoms with Crippen LogP contribution in [0.5, 0.6) is 11.5 Å². The van der Waals surface area contributed by atoms with Crippen LogP contribution in [-0.2, 0) is 0 Å². The molecule has 114 valence electrons. The summed E-state index contributed by atoms with van der Waals surface area (Å²) in [6.45, 7) is 0. The highest BCUT2D eigenvalue weighted by Crippen LogP contribution is 2.21. The highest BCUT2D eigenvalue weighted by atomic mass is 35.5. The monoisotopic (exact) mass is 325 g/mol. The summed E-state index contributed by atoms with van der Waals surface area (Å²) in [5.74, 6) is 1.32. The molecule has 0 aliphatic carbocycles. The lowest BCUT2D eigenvalue weighted by Gasteiger charge is -2.07. The van der Waals surface area contributed by atoms with E-state index in [2.05, 4.69) is 15.3 Å². The molecule has 0 bridgehead atoms. The molecule has 5 nitrogen and oxygen atoms in total. The zero-order valence-electron chi connectivity index (χ0n) is 11.9. The number of para-hydroxylation sites is 1. The number of halogens is 1.